The van der Waals surface area contributed by atoms with Crippen LogP contribution in [0.1, 0.15) is 12.8 Å². The average Bonchev–Trinajstić information content (AvgIpc) is 2.91. The van der Waals surface area contributed by atoms with Crippen molar-refractivity contribution in [2.45, 2.75) is 23.8 Å². The topological polar surface area (TPSA) is 107 Å². The first kappa shape index (κ1) is 15.9. The van der Waals surface area contributed by atoms with Gasteiger partial charge in [-0.1, -0.05) is 0 Å². The van der Waals surface area contributed by atoms with Crippen molar-refractivity contribution < 1.29 is 23.4 Å². The molecule has 1 saturated heterocycles. The highest BCUT2D eigenvalue weighted by Gasteiger charge is 2.23. The summed E-state index contributed by atoms with van der Waals surface area (Å²) in [6, 6.07) is 5.01. The molecular formula is C13H18N2O5S. The van der Waals surface area contributed by atoms with Crippen LogP contribution < -0.4 is 9.62 Å². The van der Waals surface area contributed by atoms with E-state index in [1.54, 1.807) is 17.0 Å². The standard InChI is InChI=1S/C13H18N2O5S/c16-8-10(9-17)14-21(19,20)12-5-3-11(4-6-12)15-7-1-2-13(15)18/h3-6,10,14,16-17H,1-2,7-9H2. The second-order valence-electron chi connectivity index (χ2n) is 4.83. The van der Waals surface area contributed by atoms with Gasteiger partial charge in [0.05, 0.1) is 24.2 Å². The number of hydrogen-bond acceptors (Lipinski definition) is 5. The first-order valence-corrected chi connectivity index (χ1v) is 8.10. The minimum atomic E-state index is -3.81. The number of aliphatic hydroxyl groups is 2. The van der Waals surface area contributed by atoms with Crippen LogP contribution in [0.5, 0.6) is 0 Å². The van der Waals surface area contributed by atoms with Gasteiger partial charge in [-0.05, 0) is 30.7 Å². The lowest BCUT2D eigenvalue weighted by molar-refractivity contribution is -0.117. The third-order valence-corrected chi connectivity index (χ3v) is 4.83. The maximum absolute atomic E-state index is 12.0. The highest BCUT2D eigenvalue weighted by Crippen LogP contribution is 2.22. The summed E-state index contributed by atoms with van der Waals surface area (Å²) in [7, 11) is -3.81. The normalized spacial score (nSPS) is 16.0. The second kappa shape index (κ2) is 6.52. The molecule has 0 saturated carbocycles. The van der Waals surface area contributed by atoms with Crippen molar-refractivity contribution in [3.8, 4) is 0 Å². The number of hydrogen-bond donors (Lipinski definition) is 3. The van der Waals surface area contributed by atoms with E-state index >= 15 is 0 Å². The second-order valence-corrected chi connectivity index (χ2v) is 6.54. The summed E-state index contributed by atoms with van der Waals surface area (Å²) < 4.78 is 26.3. The van der Waals surface area contributed by atoms with Gasteiger partial charge in [0.25, 0.3) is 0 Å². The zero-order valence-corrected chi connectivity index (χ0v) is 12.2. The Hall–Kier alpha value is -1.48. The lowest BCUT2D eigenvalue weighted by Gasteiger charge is -2.17. The minimum absolute atomic E-state index is 0.0183. The molecule has 0 aromatic heterocycles. The first-order valence-electron chi connectivity index (χ1n) is 6.62. The molecule has 8 heteroatoms. The number of carbonyl (C=O) groups is 1. The number of rotatable bonds is 6. The molecule has 0 aliphatic carbocycles. The smallest absolute Gasteiger partial charge is 0.240 e. The predicted octanol–water partition coefficient (Wildman–Crippen LogP) is -0.555. The van der Waals surface area contributed by atoms with Crippen LogP contribution in [0, 0.1) is 0 Å². The zero-order valence-electron chi connectivity index (χ0n) is 11.4. The SMILES string of the molecule is O=C1CCCN1c1ccc(S(=O)(=O)NC(CO)CO)cc1. The number of benzene rings is 1. The van der Waals surface area contributed by atoms with E-state index < -0.39 is 29.3 Å². The van der Waals surface area contributed by atoms with E-state index in [-0.39, 0.29) is 10.8 Å². The Morgan fingerprint density at radius 3 is 2.29 bits per heavy atom. The summed E-state index contributed by atoms with van der Waals surface area (Å²) in [6.45, 7) is -0.341. The van der Waals surface area contributed by atoms with E-state index in [1.165, 1.54) is 12.1 Å². The maximum Gasteiger partial charge on any atom is 0.240 e. The summed E-state index contributed by atoms with van der Waals surface area (Å²) in [4.78, 5) is 13.3. The summed E-state index contributed by atoms with van der Waals surface area (Å²) in [5.74, 6) is 0.0318. The molecule has 0 spiro atoms. The highest BCUT2D eigenvalue weighted by atomic mass is 32.2. The lowest BCUT2D eigenvalue weighted by atomic mass is 10.3. The molecule has 0 unspecified atom stereocenters. The fourth-order valence-electron chi connectivity index (χ4n) is 2.15. The summed E-state index contributed by atoms with van der Waals surface area (Å²) in [5, 5.41) is 17.8. The van der Waals surface area contributed by atoms with E-state index in [0.29, 0.717) is 18.7 Å². The molecule has 1 amide bonds. The van der Waals surface area contributed by atoms with Gasteiger partial charge < -0.3 is 15.1 Å². The van der Waals surface area contributed by atoms with Crippen LogP contribution in [-0.4, -0.2) is 50.3 Å². The molecule has 21 heavy (non-hydrogen) atoms. The van der Waals surface area contributed by atoms with Gasteiger partial charge in [-0.15, -0.1) is 0 Å². The molecule has 7 nitrogen and oxygen atoms in total. The molecule has 0 atom stereocenters. The molecule has 1 aromatic rings. The third kappa shape index (κ3) is 3.59. The Labute approximate surface area is 123 Å². The average molecular weight is 314 g/mol. The minimum Gasteiger partial charge on any atom is -0.395 e. The van der Waals surface area contributed by atoms with Crippen LogP contribution in [0.25, 0.3) is 0 Å². The number of sulfonamides is 1. The van der Waals surface area contributed by atoms with Crippen molar-refractivity contribution in [1.82, 2.24) is 4.72 Å². The Morgan fingerprint density at radius 2 is 1.81 bits per heavy atom. The Bertz CT molecular complexity index is 595. The van der Waals surface area contributed by atoms with E-state index in [9.17, 15) is 13.2 Å². The van der Waals surface area contributed by atoms with Crippen molar-refractivity contribution >= 4 is 21.6 Å². The van der Waals surface area contributed by atoms with E-state index in [0.717, 1.165) is 6.42 Å². The van der Waals surface area contributed by atoms with Gasteiger partial charge in [-0.3, -0.25) is 4.79 Å². The van der Waals surface area contributed by atoms with Crippen LogP contribution >= 0.6 is 0 Å². The zero-order chi connectivity index (χ0) is 15.5. The summed E-state index contributed by atoms with van der Waals surface area (Å²) in [5.41, 5.74) is 0.664. The van der Waals surface area contributed by atoms with Crippen LogP contribution in [-0.2, 0) is 14.8 Å². The molecule has 1 fully saturated rings. The molecule has 1 aliphatic heterocycles. The molecule has 1 aliphatic rings. The van der Waals surface area contributed by atoms with E-state index in [4.69, 9.17) is 10.2 Å². The van der Waals surface area contributed by atoms with Gasteiger partial charge in [-0.25, -0.2) is 13.1 Å². The van der Waals surface area contributed by atoms with Crippen LogP contribution in [0.4, 0.5) is 5.69 Å². The van der Waals surface area contributed by atoms with Crippen molar-refractivity contribution in [3.63, 3.8) is 0 Å². The number of nitrogens with one attached hydrogen (secondary N) is 1. The van der Waals surface area contributed by atoms with Crippen molar-refractivity contribution in [3.05, 3.63) is 24.3 Å². The van der Waals surface area contributed by atoms with Gasteiger partial charge >= 0.3 is 0 Å². The molecule has 0 bridgehead atoms. The van der Waals surface area contributed by atoms with Gasteiger partial charge in [0.15, 0.2) is 0 Å². The molecular weight excluding hydrogens is 296 g/mol. The fourth-order valence-corrected chi connectivity index (χ4v) is 3.36. The number of nitrogens with zero attached hydrogens (tertiary/aromatic N) is 1. The molecule has 1 heterocycles. The third-order valence-electron chi connectivity index (χ3n) is 3.29. The van der Waals surface area contributed by atoms with Crippen molar-refractivity contribution in [1.29, 1.82) is 0 Å². The van der Waals surface area contributed by atoms with E-state index in [2.05, 4.69) is 4.72 Å². The number of anilines is 1. The van der Waals surface area contributed by atoms with Gasteiger partial charge in [0, 0.05) is 18.7 Å². The quantitative estimate of drug-likeness (QED) is 0.653. The molecule has 1 aromatic carbocycles. The predicted molar refractivity (Wildman–Crippen MR) is 76.3 cm³/mol. The Kier molecular flexibility index (Phi) is 4.94. The van der Waals surface area contributed by atoms with Crippen LogP contribution in [0.2, 0.25) is 0 Å². The molecule has 3 N–H and O–H groups in total. The summed E-state index contributed by atoms with van der Waals surface area (Å²) >= 11 is 0. The first-order chi connectivity index (χ1) is 9.97. The Balaban J connectivity index is 2.16. The number of amides is 1. The van der Waals surface area contributed by atoms with Gasteiger partial charge in [0.1, 0.15) is 0 Å². The largest absolute Gasteiger partial charge is 0.395 e. The summed E-state index contributed by atoms with van der Waals surface area (Å²) in [6.07, 6.45) is 1.31. The molecule has 116 valence electrons. The van der Waals surface area contributed by atoms with Crippen molar-refractivity contribution in [2.75, 3.05) is 24.7 Å². The van der Waals surface area contributed by atoms with Gasteiger partial charge in [0.2, 0.25) is 15.9 Å². The Morgan fingerprint density at radius 1 is 1.19 bits per heavy atom. The van der Waals surface area contributed by atoms with Gasteiger partial charge in [-0.2, -0.15) is 0 Å². The number of aliphatic hydroxyl groups excluding tert-OH is 2. The fraction of sp³-hybridized carbons (Fsp3) is 0.462. The maximum atomic E-state index is 12.0. The molecule has 2 rings (SSSR count). The van der Waals surface area contributed by atoms with Crippen LogP contribution in [0.15, 0.2) is 29.2 Å². The monoisotopic (exact) mass is 314 g/mol. The highest BCUT2D eigenvalue weighted by molar-refractivity contribution is 7.89. The number of carbonyl (C=O) groups excluding carboxylic acids is 1. The van der Waals surface area contributed by atoms with Crippen molar-refractivity contribution in [2.24, 2.45) is 0 Å². The van der Waals surface area contributed by atoms with E-state index in [1.807, 2.05) is 0 Å². The lowest BCUT2D eigenvalue weighted by Crippen LogP contribution is -2.40. The molecule has 0 radical (unpaired) electrons. The van der Waals surface area contributed by atoms with Crippen LogP contribution in [0.3, 0.4) is 0 Å².